The molecule has 204 valence electrons. The predicted octanol–water partition coefficient (Wildman–Crippen LogP) is 5.74. The van der Waals surface area contributed by atoms with Crippen LogP contribution in [0.3, 0.4) is 0 Å². The van der Waals surface area contributed by atoms with Gasteiger partial charge in [-0.05, 0) is 45.8 Å². The van der Waals surface area contributed by atoms with Gasteiger partial charge in [0, 0.05) is 6.61 Å². The van der Waals surface area contributed by atoms with Gasteiger partial charge in [0.25, 0.3) is 14.2 Å². The number of rotatable bonds is 10. The van der Waals surface area contributed by atoms with Gasteiger partial charge in [-0.15, -0.1) is 0 Å². The second-order valence-electron chi connectivity index (χ2n) is 11.3. The third-order valence-corrected chi connectivity index (χ3v) is 12.3. The second-order valence-corrected chi connectivity index (χ2v) is 15.7. The van der Waals surface area contributed by atoms with Gasteiger partial charge in [0.2, 0.25) is 0 Å². The van der Waals surface area contributed by atoms with E-state index in [4.69, 9.17) is 9.16 Å². The lowest BCUT2D eigenvalue weighted by Gasteiger charge is -2.43. The molecule has 0 N–H and O–H groups in total. The highest BCUT2D eigenvalue weighted by Gasteiger charge is 2.50. The number of hydrogen-bond donors (Lipinski definition) is 0. The molecule has 6 heteroatoms. The van der Waals surface area contributed by atoms with Crippen molar-refractivity contribution >= 4 is 30.7 Å². The number of allylic oxidation sites excluding steroid dienone is 1. The van der Waals surface area contributed by atoms with E-state index >= 15 is 0 Å². The zero-order valence-corrected chi connectivity index (χ0v) is 24.4. The Morgan fingerprint density at radius 2 is 1.51 bits per heavy atom. The Kier molecular flexibility index (Phi) is 9.20. The molecular formula is C33H39NO4Si. The Hall–Kier alpha value is -3.48. The largest absolute Gasteiger partial charge is 0.447 e. The third kappa shape index (κ3) is 6.57. The summed E-state index contributed by atoms with van der Waals surface area (Å²) in [7, 11) is -2.61. The molecule has 0 bridgehead atoms. The standard InChI is InChI=1S/C33H39NO4Si/c1-26(15-14-22-31(35)34-28(25-37-32(34)36)23-27-16-8-5-9-17-27)24-38-39(33(2,3)4,29-18-10-6-11-19-29)30-20-12-7-13-21-30/h5-14,16-22,26,28H,15,23-25H2,1-4H3/b22-14+/t26-,28+/m1/s1. The molecule has 0 aromatic heterocycles. The summed E-state index contributed by atoms with van der Waals surface area (Å²) in [6.07, 6.45) is 4.02. The number of hydrogen-bond acceptors (Lipinski definition) is 4. The molecule has 1 aliphatic heterocycles. The van der Waals surface area contributed by atoms with Crippen molar-refractivity contribution in [1.29, 1.82) is 0 Å². The van der Waals surface area contributed by atoms with Gasteiger partial charge in [-0.3, -0.25) is 4.79 Å². The van der Waals surface area contributed by atoms with E-state index in [1.807, 2.05) is 48.5 Å². The van der Waals surface area contributed by atoms with Crippen molar-refractivity contribution in [3.63, 3.8) is 0 Å². The number of carbonyl (C=O) groups is 2. The first-order valence-corrected chi connectivity index (χ1v) is 15.6. The molecule has 2 amide bonds. The molecule has 0 saturated carbocycles. The summed E-state index contributed by atoms with van der Waals surface area (Å²) < 4.78 is 12.2. The molecule has 0 aliphatic carbocycles. The molecule has 0 unspecified atom stereocenters. The van der Waals surface area contributed by atoms with Crippen LogP contribution in [0.4, 0.5) is 4.79 Å². The van der Waals surface area contributed by atoms with Crippen LogP contribution in [-0.4, -0.2) is 44.5 Å². The van der Waals surface area contributed by atoms with E-state index in [2.05, 4.69) is 76.2 Å². The van der Waals surface area contributed by atoms with Gasteiger partial charge in [0.15, 0.2) is 0 Å². The number of ether oxygens (including phenoxy) is 1. The van der Waals surface area contributed by atoms with Crippen molar-refractivity contribution in [1.82, 2.24) is 4.90 Å². The van der Waals surface area contributed by atoms with Gasteiger partial charge in [-0.2, -0.15) is 0 Å². The fourth-order valence-electron chi connectivity index (χ4n) is 5.35. The molecule has 39 heavy (non-hydrogen) atoms. The highest BCUT2D eigenvalue weighted by molar-refractivity contribution is 6.99. The molecule has 4 rings (SSSR count). The summed E-state index contributed by atoms with van der Waals surface area (Å²) in [4.78, 5) is 26.5. The third-order valence-electron chi connectivity index (χ3n) is 7.31. The fourth-order valence-corrected chi connectivity index (χ4v) is 10.0. The van der Waals surface area contributed by atoms with Gasteiger partial charge in [0.05, 0.1) is 6.04 Å². The molecule has 1 saturated heterocycles. The zero-order valence-electron chi connectivity index (χ0n) is 23.4. The molecule has 1 heterocycles. The molecule has 5 nitrogen and oxygen atoms in total. The normalized spacial score (nSPS) is 16.9. The summed E-state index contributed by atoms with van der Waals surface area (Å²) in [6.45, 7) is 9.72. The highest BCUT2D eigenvalue weighted by Crippen LogP contribution is 2.37. The van der Waals surface area contributed by atoms with Gasteiger partial charge in [-0.25, -0.2) is 9.69 Å². The Bertz CT molecular complexity index is 1220. The summed E-state index contributed by atoms with van der Waals surface area (Å²) >= 11 is 0. The van der Waals surface area contributed by atoms with Crippen LogP contribution in [0, 0.1) is 5.92 Å². The number of nitrogens with zero attached hydrogens (tertiary/aromatic N) is 1. The van der Waals surface area contributed by atoms with Gasteiger partial charge in [-0.1, -0.05) is 125 Å². The monoisotopic (exact) mass is 541 g/mol. The molecule has 3 aromatic carbocycles. The molecule has 3 aromatic rings. The number of benzene rings is 3. The maximum absolute atomic E-state index is 13.0. The van der Waals surface area contributed by atoms with E-state index in [1.165, 1.54) is 21.3 Å². The van der Waals surface area contributed by atoms with Crippen molar-refractivity contribution in [2.45, 2.75) is 51.6 Å². The van der Waals surface area contributed by atoms with Crippen LogP contribution in [0.15, 0.2) is 103 Å². The number of imide groups is 1. The van der Waals surface area contributed by atoms with E-state index in [1.54, 1.807) is 0 Å². The maximum Gasteiger partial charge on any atom is 0.417 e. The van der Waals surface area contributed by atoms with Crippen LogP contribution < -0.4 is 10.4 Å². The van der Waals surface area contributed by atoms with Crippen molar-refractivity contribution in [3.05, 3.63) is 109 Å². The average Bonchev–Trinajstić information content (AvgIpc) is 3.29. The quantitative estimate of drug-likeness (QED) is 0.243. The fraction of sp³-hybridized carbons (Fsp3) is 0.333. The van der Waals surface area contributed by atoms with Crippen LogP contribution in [0.5, 0.6) is 0 Å². The second kappa shape index (κ2) is 12.6. The van der Waals surface area contributed by atoms with Crippen LogP contribution >= 0.6 is 0 Å². The predicted molar refractivity (Wildman–Crippen MR) is 159 cm³/mol. The summed E-state index contributed by atoms with van der Waals surface area (Å²) in [5, 5.41) is 2.41. The first-order valence-electron chi connectivity index (χ1n) is 13.7. The van der Waals surface area contributed by atoms with Gasteiger partial charge in [0.1, 0.15) is 6.61 Å². The van der Waals surface area contributed by atoms with Gasteiger partial charge < -0.3 is 9.16 Å². The summed E-state index contributed by atoms with van der Waals surface area (Å²) in [5.41, 5.74) is 1.07. The summed E-state index contributed by atoms with van der Waals surface area (Å²) in [6, 6.07) is 30.7. The molecular weight excluding hydrogens is 502 g/mol. The minimum Gasteiger partial charge on any atom is -0.447 e. The van der Waals surface area contributed by atoms with Crippen LogP contribution in [0.1, 0.15) is 39.7 Å². The summed E-state index contributed by atoms with van der Waals surface area (Å²) in [5.74, 6) is -0.153. The van der Waals surface area contributed by atoms with E-state index in [0.29, 0.717) is 19.4 Å². The lowest BCUT2D eigenvalue weighted by molar-refractivity contribution is -0.124. The molecule has 1 aliphatic rings. The number of carbonyl (C=O) groups excluding carboxylic acids is 2. The Balaban J connectivity index is 1.44. The zero-order chi connectivity index (χ0) is 27.9. The van der Waals surface area contributed by atoms with Crippen LogP contribution in [0.2, 0.25) is 5.04 Å². The van der Waals surface area contributed by atoms with E-state index in [-0.39, 0.29) is 29.5 Å². The minimum absolute atomic E-state index is 0.0922. The lowest BCUT2D eigenvalue weighted by Crippen LogP contribution is -2.66. The molecule has 0 radical (unpaired) electrons. The van der Waals surface area contributed by atoms with Crippen molar-refractivity contribution < 1.29 is 18.8 Å². The molecule has 0 spiro atoms. The molecule has 2 atom stereocenters. The first-order chi connectivity index (χ1) is 18.7. The van der Waals surface area contributed by atoms with E-state index in [9.17, 15) is 9.59 Å². The van der Waals surface area contributed by atoms with Crippen molar-refractivity contribution in [2.75, 3.05) is 13.2 Å². The average molecular weight is 542 g/mol. The number of cyclic esters (lactones) is 1. The van der Waals surface area contributed by atoms with Crippen molar-refractivity contribution in [3.8, 4) is 0 Å². The van der Waals surface area contributed by atoms with Gasteiger partial charge >= 0.3 is 6.09 Å². The van der Waals surface area contributed by atoms with Crippen LogP contribution in [0.25, 0.3) is 0 Å². The maximum atomic E-state index is 13.0. The van der Waals surface area contributed by atoms with E-state index < -0.39 is 14.4 Å². The topological polar surface area (TPSA) is 55.8 Å². The smallest absolute Gasteiger partial charge is 0.417 e. The van der Waals surface area contributed by atoms with Crippen molar-refractivity contribution in [2.24, 2.45) is 5.92 Å². The van der Waals surface area contributed by atoms with Crippen LogP contribution in [-0.2, 0) is 20.4 Å². The number of amides is 2. The Morgan fingerprint density at radius 3 is 2.05 bits per heavy atom. The molecule has 1 fully saturated rings. The highest BCUT2D eigenvalue weighted by atomic mass is 28.4. The Labute approximate surface area is 233 Å². The SMILES string of the molecule is C[C@H](C/C=C/C(=O)N1C(=O)OC[C@@H]1Cc1ccccc1)CO[Si](c1ccccc1)(c1ccccc1)C(C)(C)C. The first kappa shape index (κ1) is 28.5. The van der Waals surface area contributed by atoms with E-state index in [0.717, 1.165) is 5.56 Å². The minimum atomic E-state index is -2.61. The Morgan fingerprint density at radius 1 is 0.974 bits per heavy atom. The lowest BCUT2D eigenvalue weighted by atomic mass is 10.1.